The fourth-order valence-electron chi connectivity index (χ4n) is 1.61. The van der Waals surface area contributed by atoms with Crippen molar-refractivity contribution < 1.29 is 9.59 Å². The summed E-state index contributed by atoms with van der Waals surface area (Å²) in [4.78, 5) is 20.8. The largest absolute Gasteiger partial charge is 0.385 e. The zero-order chi connectivity index (χ0) is 12.5. The first-order chi connectivity index (χ1) is 8.29. The maximum atomic E-state index is 10.8. The second kappa shape index (κ2) is 7.44. The zero-order valence-electron chi connectivity index (χ0n) is 10.0. The summed E-state index contributed by atoms with van der Waals surface area (Å²) in [5.41, 5.74) is 2.70. The highest BCUT2D eigenvalue weighted by Gasteiger charge is 2.01. The Kier molecular flexibility index (Phi) is 5.79. The van der Waals surface area contributed by atoms with Gasteiger partial charge in [-0.2, -0.15) is 0 Å². The van der Waals surface area contributed by atoms with E-state index in [4.69, 9.17) is 0 Å². The Morgan fingerprint density at radius 3 is 2.65 bits per heavy atom. The molecule has 0 unspecified atom stereocenters. The van der Waals surface area contributed by atoms with Gasteiger partial charge in [0.2, 0.25) is 6.41 Å². The molecule has 92 valence electrons. The van der Waals surface area contributed by atoms with Crippen molar-refractivity contribution in [3.63, 3.8) is 0 Å². The molecule has 4 heteroatoms. The maximum Gasteiger partial charge on any atom is 0.207 e. The zero-order valence-corrected chi connectivity index (χ0v) is 10.0. The molecular weight excluding hydrogens is 216 g/mol. The van der Waals surface area contributed by atoms with Crippen LogP contribution in [0.15, 0.2) is 18.2 Å². The maximum absolute atomic E-state index is 10.8. The number of nitrogens with one attached hydrogen (secondary N) is 2. The van der Waals surface area contributed by atoms with Crippen LogP contribution in [-0.2, 0) is 4.79 Å². The molecule has 0 fully saturated rings. The number of carbonyl (C=O) groups is 2. The van der Waals surface area contributed by atoms with Gasteiger partial charge in [-0.3, -0.25) is 9.59 Å². The van der Waals surface area contributed by atoms with Gasteiger partial charge >= 0.3 is 0 Å². The van der Waals surface area contributed by atoms with Crippen molar-refractivity contribution in [3.05, 3.63) is 29.3 Å². The van der Waals surface area contributed by atoms with Gasteiger partial charge in [-0.05, 0) is 31.4 Å². The van der Waals surface area contributed by atoms with Crippen molar-refractivity contribution in [2.45, 2.75) is 19.8 Å². The molecule has 4 nitrogen and oxygen atoms in total. The topological polar surface area (TPSA) is 58.2 Å². The minimum Gasteiger partial charge on any atom is -0.385 e. The minimum absolute atomic E-state index is 0.707. The van der Waals surface area contributed by atoms with E-state index in [0.717, 1.165) is 42.5 Å². The lowest BCUT2D eigenvalue weighted by Crippen LogP contribution is -2.13. The summed E-state index contributed by atoms with van der Waals surface area (Å²) in [5.74, 6) is 0. The SMILES string of the molecule is Cc1c(C=O)cccc1NCCCCNC=O. The third kappa shape index (κ3) is 4.26. The van der Waals surface area contributed by atoms with E-state index in [1.807, 2.05) is 25.1 Å². The van der Waals surface area contributed by atoms with E-state index in [9.17, 15) is 9.59 Å². The molecule has 0 aliphatic carbocycles. The van der Waals surface area contributed by atoms with Crippen LogP contribution >= 0.6 is 0 Å². The van der Waals surface area contributed by atoms with Crippen molar-refractivity contribution in [2.24, 2.45) is 0 Å². The molecule has 1 amide bonds. The van der Waals surface area contributed by atoms with Gasteiger partial charge in [-0.1, -0.05) is 12.1 Å². The number of anilines is 1. The van der Waals surface area contributed by atoms with Gasteiger partial charge in [0.1, 0.15) is 6.29 Å². The van der Waals surface area contributed by atoms with E-state index in [2.05, 4.69) is 10.6 Å². The predicted molar refractivity (Wildman–Crippen MR) is 68.4 cm³/mol. The molecule has 0 saturated carbocycles. The number of hydrogen-bond donors (Lipinski definition) is 2. The van der Waals surface area contributed by atoms with Gasteiger partial charge in [0.25, 0.3) is 0 Å². The quantitative estimate of drug-likeness (QED) is 0.532. The molecule has 2 N–H and O–H groups in total. The first-order valence-corrected chi connectivity index (χ1v) is 5.75. The summed E-state index contributed by atoms with van der Waals surface area (Å²) in [5, 5.41) is 5.91. The fraction of sp³-hybridized carbons (Fsp3) is 0.385. The van der Waals surface area contributed by atoms with Gasteiger partial charge in [0.05, 0.1) is 0 Å². The summed E-state index contributed by atoms with van der Waals surface area (Å²) in [6.07, 6.45) is 3.50. The average Bonchev–Trinajstić information content (AvgIpc) is 2.35. The summed E-state index contributed by atoms with van der Waals surface area (Å²) in [6.45, 7) is 3.47. The Morgan fingerprint density at radius 2 is 1.94 bits per heavy atom. The molecule has 17 heavy (non-hydrogen) atoms. The van der Waals surface area contributed by atoms with E-state index in [0.29, 0.717) is 13.0 Å². The van der Waals surface area contributed by atoms with Crippen LogP contribution < -0.4 is 10.6 Å². The molecule has 1 rings (SSSR count). The standard InChI is InChI=1S/C13H18N2O2/c1-11-12(9-16)5-4-6-13(11)15-8-3-2-7-14-10-17/h4-6,9-10,15H,2-3,7-8H2,1H3,(H,14,17). The minimum atomic E-state index is 0.707. The highest BCUT2D eigenvalue weighted by atomic mass is 16.1. The number of rotatable bonds is 8. The van der Waals surface area contributed by atoms with E-state index in [-0.39, 0.29) is 0 Å². The van der Waals surface area contributed by atoms with Gasteiger partial charge in [0, 0.05) is 24.3 Å². The lowest BCUT2D eigenvalue weighted by molar-refractivity contribution is -0.109. The average molecular weight is 234 g/mol. The summed E-state index contributed by atoms with van der Waals surface area (Å²) in [7, 11) is 0. The molecule has 1 aromatic carbocycles. The van der Waals surface area contributed by atoms with Crippen LogP contribution in [0.5, 0.6) is 0 Å². The van der Waals surface area contributed by atoms with Crippen molar-refractivity contribution >= 4 is 18.4 Å². The number of amides is 1. The normalized spacial score (nSPS) is 9.71. The Morgan fingerprint density at radius 1 is 1.18 bits per heavy atom. The van der Waals surface area contributed by atoms with Crippen LogP contribution in [0, 0.1) is 6.92 Å². The second-order valence-electron chi connectivity index (χ2n) is 3.84. The molecule has 1 aromatic rings. The lowest BCUT2D eigenvalue weighted by Gasteiger charge is -2.10. The van der Waals surface area contributed by atoms with Crippen molar-refractivity contribution in [2.75, 3.05) is 18.4 Å². The monoisotopic (exact) mass is 234 g/mol. The van der Waals surface area contributed by atoms with Crippen LogP contribution in [0.2, 0.25) is 0 Å². The van der Waals surface area contributed by atoms with E-state index < -0.39 is 0 Å². The molecule has 0 aliphatic rings. The van der Waals surface area contributed by atoms with Gasteiger partial charge in [-0.15, -0.1) is 0 Å². The van der Waals surface area contributed by atoms with Crippen LogP contribution in [-0.4, -0.2) is 25.8 Å². The molecule has 0 radical (unpaired) electrons. The predicted octanol–water partition coefficient (Wildman–Crippen LogP) is 1.75. The molecule has 0 aromatic heterocycles. The highest BCUT2D eigenvalue weighted by molar-refractivity contribution is 5.80. The number of hydrogen-bond acceptors (Lipinski definition) is 3. The third-order valence-electron chi connectivity index (χ3n) is 2.65. The molecule has 0 saturated heterocycles. The lowest BCUT2D eigenvalue weighted by atomic mass is 10.1. The van der Waals surface area contributed by atoms with E-state index in [1.54, 1.807) is 0 Å². The van der Waals surface area contributed by atoms with Gasteiger partial charge < -0.3 is 10.6 Å². The number of unbranched alkanes of at least 4 members (excludes halogenated alkanes) is 1. The molecule has 0 aliphatic heterocycles. The number of benzene rings is 1. The molecule has 0 heterocycles. The Labute approximate surface area is 101 Å². The van der Waals surface area contributed by atoms with Crippen molar-refractivity contribution in [1.29, 1.82) is 0 Å². The molecule has 0 spiro atoms. The smallest absolute Gasteiger partial charge is 0.207 e. The summed E-state index contributed by atoms with van der Waals surface area (Å²) < 4.78 is 0. The van der Waals surface area contributed by atoms with Gasteiger partial charge in [-0.25, -0.2) is 0 Å². The van der Waals surface area contributed by atoms with Crippen LogP contribution in [0.25, 0.3) is 0 Å². The Hall–Kier alpha value is -1.84. The summed E-state index contributed by atoms with van der Waals surface area (Å²) >= 11 is 0. The van der Waals surface area contributed by atoms with E-state index in [1.165, 1.54) is 0 Å². The Balaban J connectivity index is 2.36. The number of carbonyl (C=O) groups excluding carboxylic acids is 2. The summed E-state index contributed by atoms with van der Waals surface area (Å²) in [6, 6.07) is 5.64. The highest BCUT2D eigenvalue weighted by Crippen LogP contribution is 2.17. The van der Waals surface area contributed by atoms with E-state index >= 15 is 0 Å². The van der Waals surface area contributed by atoms with Crippen molar-refractivity contribution in [1.82, 2.24) is 5.32 Å². The van der Waals surface area contributed by atoms with Gasteiger partial charge in [0.15, 0.2) is 0 Å². The fourth-order valence-corrected chi connectivity index (χ4v) is 1.61. The van der Waals surface area contributed by atoms with Crippen LogP contribution in [0.1, 0.15) is 28.8 Å². The number of aldehydes is 1. The molecular formula is C13H18N2O2. The van der Waals surface area contributed by atoms with Crippen LogP contribution in [0.3, 0.4) is 0 Å². The second-order valence-corrected chi connectivity index (χ2v) is 3.84. The third-order valence-corrected chi connectivity index (χ3v) is 2.65. The van der Waals surface area contributed by atoms with Crippen LogP contribution in [0.4, 0.5) is 5.69 Å². The first-order valence-electron chi connectivity index (χ1n) is 5.75. The Bertz CT molecular complexity index is 378. The first kappa shape index (κ1) is 13.2. The van der Waals surface area contributed by atoms with Crippen molar-refractivity contribution in [3.8, 4) is 0 Å². The molecule has 0 bridgehead atoms. The molecule has 0 atom stereocenters.